The highest BCUT2D eigenvalue weighted by Crippen LogP contribution is 2.49. The van der Waals surface area contributed by atoms with Gasteiger partial charge in [0, 0.05) is 6.54 Å². The van der Waals surface area contributed by atoms with E-state index >= 15 is 0 Å². The van der Waals surface area contributed by atoms with Crippen LogP contribution >= 0.6 is 0 Å². The van der Waals surface area contributed by atoms with Crippen molar-refractivity contribution in [1.29, 1.82) is 5.26 Å². The molecule has 0 bridgehead atoms. The zero-order valence-electron chi connectivity index (χ0n) is 9.53. The van der Waals surface area contributed by atoms with E-state index in [0.717, 1.165) is 6.54 Å². The molecular weight excluding hydrogens is 200 g/mol. The van der Waals surface area contributed by atoms with Crippen LogP contribution in [-0.2, 0) is 0 Å². The predicted octanol–water partition coefficient (Wildman–Crippen LogP) is 2.34. The van der Waals surface area contributed by atoms with Crippen molar-refractivity contribution >= 4 is 5.82 Å². The second-order valence-corrected chi connectivity index (χ2v) is 4.51. The van der Waals surface area contributed by atoms with Crippen molar-refractivity contribution in [1.82, 2.24) is 10.2 Å². The van der Waals surface area contributed by atoms with Gasteiger partial charge < -0.3 is 5.32 Å². The Labute approximate surface area is 95.7 Å². The SMILES string of the molecule is CCCC1(CNc2nnccc2C#N)CC1. The Kier molecular flexibility index (Phi) is 3.04. The Hall–Kier alpha value is -1.63. The van der Waals surface area contributed by atoms with Gasteiger partial charge in [-0.05, 0) is 30.7 Å². The van der Waals surface area contributed by atoms with Crippen LogP contribution in [0.2, 0.25) is 0 Å². The van der Waals surface area contributed by atoms with Gasteiger partial charge in [0.15, 0.2) is 5.82 Å². The van der Waals surface area contributed by atoms with Crippen LogP contribution in [0.1, 0.15) is 38.2 Å². The normalized spacial score (nSPS) is 16.5. The van der Waals surface area contributed by atoms with Gasteiger partial charge >= 0.3 is 0 Å². The number of hydrogen-bond acceptors (Lipinski definition) is 4. The first-order valence-electron chi connectivity index (χ1n) is 5.75. The van der Waals surface area contributed by atoms with Crippen LogP contribution in [0, 0.1) is 16.7 Å². The van der Waals surface area contributed by atoms with Crippen LogP contribution < -0.4 is 5.32 Å². The van der Waals surface area contributed by atoms with Crippen molar-refractivity contribution in [3.8, 4) is 6.07 Å². The van der Waals surface area contributed by atoms with Gasteiger partial charge in [0.2, 0.25) is 0 Å². The fraction of sp³-hybridized carbons (Fsp3) is 0.583. The summed E-state index contributed by atoms with van der Waals surface area (Å²) in [5.74, 6) is 0.618. The summed E-state index contributed by atoms with van der Waals surface area (Å²) in [5.41, 5.74) is 1.03. The minimum absolute atomic E-state index is 0.457. The summed E-state index contributed by atoms with van der Waals surface area (Å²) in [6.45, 7) is 3.12. The molecular formula is C12H16N4. The minimum Gasteiger partial charge on any atom is -0.367 e. The fourth-order valence-corrected chi connectivity index (χ4v) is 2.05. The van der Waals surface area contributed by atoms with Crippen molar-refractivity contribution in [2.75, 3.05) is 11.9 Å². The zero-order valence-corrected chi connectivity index (χ0v) is 9.53. The molecule has 0 saturated heterocycles. The van der Waals surface area contributed by atoms with Crippen molar-refractivity contribution in [2.24, 2.45) is 5.41 Å². The van der Waals surface area contributed by atoms with Crippen molar-refractivity contribution in [3.05, 3.63) is 17.8 Å². The van der Waals surface area contributed by atoms with Crippen LogP contribution in [0.3, 0.4) is 0 Å². The topological polar surface area (TPSA) is 61.6 Å². The van der Waals surface area contributed by atoms with E-state index in [1.54, 1.807) is 12.3 Å². The molecule has 1 aliphatic rings. The van der Waals surface area contributed by atoms with E-state index in [0.29, 0.717) is 16.8 Å². The molecule has 4 nitrogen and oxygen atoms in total. The molecule has 1 fully saturated rings. The molecule has 0 aromatic carbocycles. The highest BCUT2D eigenvalue weighted by atomic mass is 15.2. The van der Waals surface area contributed by atoms with Crippen molar-refractivity contribution < 1.29 is 0 Å². The zero-order chi connectivity index (χ0) is 11.4. The molecule has 0 atom stereocenters. The second kappa shape index (κ2) is 4.48. The van der Waals surface area contributed by atoms with E-state index in [2.05, 4.69) is 28.5 Å². The van der Waals surface area contributed by atoms with E-state index in [-0.39, 0.29) is 0 Å². The molecule has 1 aromatic heterocycles. The number of nitrogens with zero attached hydrogens (tertiary/aromatic N) is 3. The molecule has 16 heavy (non-hydrogen) atoms. The average Bonchev–Trinajstić information content (AvgIpc) is 3.08. The van der Waals surface area contributed by atoms with Crippen molar-refractivity contribution in [2.45, 2.75) is 32.6 Å². The quantitative estimate of drug-likeness (QED) is 0.820. The van der Waals surface area contributed by atoms with E-state index in [4.69, 9.17) is 5.26 Å². The Morgan fingerprint density at radius 1 is 1.56 bits per heavy atom. The van der Waals surface area contributed by atoms with E-state index < -0.39 is 0 Å². The smallest absolute Gasteiger partial charge is 0.166 e. The summed E-state index contributed by atoms with van der Waals surface area (Å²) in [7, 11) is 0. The van der Waals surface area contributed by atoms with E-state index in [1.807, 2.05) is 0 Å². The van der Waals surface area contributed by atoms with Crippen LogP contribution in [0.15, 0.2) is 12.3 Å². The van der Waals surface area contributed by atoms with Gasteiger partial charge in [-0.3, -0.25) is 0 Å². The van der Waals surface area contributed by atoms with Crippen molar-refractivity contribution in [3.63, 3.8) is 0 Å². The molecule has 1 saturated carbocycles. The van der Waals surface area contributed by atoms with Gasteiger partial charge in [0.05, 0.1) is 11.8 Å². The first-order chi connectivity index (χ1) is 7.79. The van der Waals surface area contributed by atoms with Gasteiger partial charge in [-0.25, -0.2) is 0 Å². The molecule has 0 unspecified atom stereocenters. The van der Waals surface area contributed by atoms with Gasteiger partial charge in [0.25, 0.3) is 0 Å². The molecule has 1 aromatic rings. The number of anilines is 1. The molecule has 84 valence electrons. The lowest BCUT2D eigenvalue weighted by atomic mass is 10.0. The standard InChI is InChI=1S/C12H16N4/c1-2-4-12(5-6-12)9-14-11-10(8-13)3-7-15-16-11/h3,7H,2,4-6,9H2,1H3,(H,14,16). The first kappa shape index (κ1) is 10.9. The Morgan fingerprint density at radius 2 is 2.38 bits per heavy atom. The van der Waals surface area contributed by atoms with Crippen LogP contribution in [0.25, 0.3) is 0 Å². The molecule has 1 aliphatic carbocycles. The lowest BCUT2D eigenvalue weighted by Gasteiger charge is -2.15. The van der Waals surface area contributed by atoms with Gasteiger partial charge in [-0.1, -0.05) is 13.3 Å². The van der Waals surface area contributed by atoms with Gasteiger partial charge in [-0.15, -0.1) is 5.10 Å². The summed E-state index contributed by atoms with van der Waals surface area (Å²) in [4.78, 5) is 0. The van der Waals surface area contributed by atoms with Crippen LogP contribution in [-0.4, -0.2) is 16.7 Å². The molecule has 0 spiro atoms. The number of nitriles is 1. The highest BCUT2D eigenvalue weighted by Gasteiger charge is 2.41. The fourth-order valence-electron chi connectivity index (χ4n) is 2.05. The maximum absolute atomic E-state index is 8.91. The number of nitrogens with one attached hydrogen (secondary N) is 1. The summed E-state index contributed by atoms with van der Waals surface area (Å²) in [6, 6.07) is 3.81. The molecule has 0 aliphatic heterocycles. The largest absolute Gasteiger partial charge is 0.367 e. The summed E-state index contributed by atoms with van der Waals surface area (Å²) >= 11 is 0. The van der Waals surface area contributed by atoms with Gasteiger partial charge in [0.1, 0.15) is 6.07 Å². The van der Waals surface area contributed by atoms with Crippen LogP contribution in [0.5, 0.6) is 0 Å². The van der Waals surface area contributed by atoms with E-state index in [9.17, 15) is 0 Å². The maximum Gasteiger partial charge on any atom is 0.166 e. The summed E-state index contributed by atoms with van der Waals surface area (Å²) in [6.07, 6.45) is 6.59. The van der Waals surface area contributed by atoms with Crippen LogP contribution in [0.4, 0.5) is 5.82 Å². The number of rotatable bonds is 5. The Morgan fingerprint density at radius 3 is 3.00 bits per heavy atom. The molecule has 0 radical (unpaired) electrons. The molecule has 4 heteroatoms. The van der Waals surface area contributed by atoms with E-state index in [1.165, 1.54) is 25.7 Å². The third kappa shape index (κ3) is 2.30. The predicted molar refractivity (Wildman–Crippen MR) is 61.8 cm³/mol. The third-order valence-corrected chi connectivity index (χ3v) is 3.21. The molecule has 2 rings (SSSR count). The minimum atomic E-state index is 0.457. The third-order valence-electron chi connectivity index (χ3n) is 3.21. The number of aromatic nitrogens is 2. The first-order valence-corrected chi connectivity index (χ1v) is 5.75. The second-order valence-electron chi connectivity index (χ2n) is 4.51. The number of hydrogen-bond donors (Lipinski definition) is 1. The lowest BCUT2D eigenvalue weighted by molar-refractivity contribution is 0.485. The molecule has 0 amide bonds. The highest BCUT2D eigenvalue weighted by molar-refractivity contribution is 5.50. The Balaban J connectivity index is 1.97. The van der Waals surface area contributed by atoms with Gasteiger partial charge in [-0.2, -0.15) is 10.4 Å². The Bertz CT molecular complexity index is 404. The average molecular weight is 216 g/mol. The summed E-state index contributed by atoms with van der Waals surface area (Å²) in [5, 5.41) is 19.9. The molecule has 1 N–H and O–H groups in total. The monoisotopic (exact) mass is 216 g/mol. The summed E-state index contributed by atoms with van der Waals surface area (Å²) < 4.78 is 0. The lowest BCUT2D eigenvalue weighted by Crippen LogP contribution is -2.16. The molecule has 1 heterocycles. The maximum atomic E-state index is 8.91.